The van der Waals surface area contributed by atoms with Crippen LogP contribution in [-0.2, 0) is 6.18 Å². The van der Waals surface area contributed by atoms with Crippen molar-refractivity contribution in [2.75, 3.05) is 25.0 Å². The lowest BCUT2D eigenvalue weighted by atomic mass is 10.1. The lowest BCUT2D eigenvalue weighted by Gasteiger charge is -2.10. The molecule has 0 amide bonds. The highest BCUT2D eigenvalue weighted by molar-refractivity contribution is 5.25. The van der Waals surface area contributed by atoms with Crippen LogP contribution in [0.5, 0.6) is 0 Å². The Hall–Kier alpha value is -2.19. The van der Waals surface area contributed by atoms with Crippen molar-refractivity contribution in [3.05, 3.63) is 53.9 Å². The van der Waals surface area contributed by atoms with Gasteiger partial charge in [-0.3, -0.25) is 0 Å². The Balaban J connectivity index is 1.72. The van der Waals surface area contributed by atoms with Crippen LogP contribution >= 0.6 is 0 Å². The number of aliphatic hydroxyl groups excluding tert-OH is 1. The van der Waals surface area contributed by atoms with Crippen LogP contribution in [0.15, 0.2) is 42.6 Å². The van der Waals surface area contributed by atoms with E-state index in [-0.39, 0.29) is 5.95 Å². The van der Waals surface area contributed by atoms with E-state index in [0.717, 1.165) is 17.8 Å². The third kappa shape index (κ3) is 5.50. The van der Waals surface area contributed by atoms with E-state index in [4.69, 9.17) is 0 Å². The number of aliphatic hydroxyl groups is 1. The molecule has 0 aliphatic heterocycles. The van der Waals surface area contributed by atoms with Crippen molar-refractivity contribution in [2.24, 2.45) is 0 Å². The summed E-state index contributed by atoms with van der Waals surface area (Å²) in [7, 11) is 0. The average molecular weight is 327 g/mol. The van der Waals surface area contributed by atoms with Crippen LogP contribution in [0.1, 0.15) is 17.4 Å². The van der Waals surface area contributed by atoms with E-state index in [1.165, 1.54) is 0 Å². The van der Waals surface area contributed by atoms with E-state index in [1.54, 1.807) is 0 Å². The molecule has 8 heteroatoms. The Morgan fingerprint density at radius 1 is 1.17 bits per heavy atom. The van der Waals surface area contributed by atoms with Gasteiger partial charge in [0.25, 0.3) is 0 Å². The van der Waals surface area contributed by atoms with Gasteiger partial charge in [0.15, 0.2) is 0 Å². The number of nitrogens with one attached hydrogen (secondary N) is 1. The average Bonchev–Trinajstić information content (AvgIpc) is 2.54. The molecule has 23 heavy (non-hydrogen) atoms. The molecule has 0 fully saturated rings. The molecule has 124 valence electrons. The molecule has 0 spiro atoms. The summed E-state index contributed by atoms with van der Waals surface area (Å²) < 4.78 is 37.5. The second-order valence-corrected chi connectivity index (χ2v) is 4.93. The quantitative estimate of drug-likeness (QED) is 0.668. The summed E-state index contributed by atoms with van der Waals surface area (Å²) in [6, 6.07) is 10.1. The number of alkyl halides is 3. The van der Waals surface area contributed by atoms with Crippen molar-refractivity contribution in [3.8, 4) is 0 Å². The SMILES string of the molecule is O[C@@H](C[NH2+]CCNc1nccc(C(F)(F)F)n1)c1ccccc1. The molecule has 1 atom stereocenters. The number of benzene rings is 1. The summed E-state index contributed by atoms with van der Waals surface area (Å²) in [6.45, 7) is 1.43. The van der Waals surface area contributed by atoms with E-state index in [2.05, 4.69) is 15.3 Å². The van der Waals surface area contributed by atoms with Crippen molar-refractivity contribution in [2.45, 2.75) is 12.3 Å². The van der Waals surface area contributed by atoms with Crippen molar-refractivity contribution < 1.29 is 23.6 Å². The van der Waals surface area contributed by atoms with E-state index in [0.29, 0.717) is 19.6 Å². The minimum absolute atomic E-state index is 0.0585. The number of nitrogens with two attached hydrogens (primary N) is 1. The normalized spacial score (nSPS) is 12.9. The number of rotatable bonds is 7. The van der Waals surface area contributed by atoms with Crippen molar-refractivity contribution >= 4 is 5.95 Å². The van der Waals surface area contributed by atoms with Crippen LogP contribution in [0.25, 0.3) is 0 Å². The Morgan fingerprint density at radius 3 is 2.61 bits per heavy atom. The van der Waals surface area contributed by atoms with Gasteiger partial charge in [-0.25, -0.2) is 9.97 Å². The van der Waals surface area contributed by atoms with Crippen LogP contribution in [0.3, 0.4) is 0 Å². The summed E-state index contributed by atoms with van der Waals surface area (Å²) in [5.74, 6) is -0.0585. The summed E-state index contributed by atoms with van der Waals surface area (Å²) >= 11 is 0. The molecular weight excluding hydrogens is 309 g/mol. The number of nitrogens with zero attached hydrogens (tertiary/aromatic N) is 2. The maximum atomic E-state index is 12.5. The fourth-order valence-electron chi connectivity index (χ4n) is 1.97. The van der Waals surface area contributed by atoms with E-state index >= 15 is 0 Å². The van der Waals surface area contributed by atoms with Crippen LogP contribution in [0.4, 0.5) is 19.1 Å². The molecule has 0 unspecified atom stereocenters. The Morgan fingerprint density at radius 2 is 1.91 bits per heavy atom. The molecule has 4 N–H and O–H groups in total. The summed E-state index contributed by atoms with van der Waals surface area (Å²) in [5.41, 5.74) is -0.142. The van der Waals surface area contributed by atoms with Crippen molar-refractivity contribution in [3.63, 3.8) is 0 Å². The number of hydrogen-bond acceptors (Lipinski definition) is 4. The molecule has 0 saturated heterocycles. The minimum atomic E-state index is -4.48. The molecule has 0 aliphatic carbocycles. The van der Waals surface area contributed by atoms with Crippen LogP contribution in [0.2, 0.25) is 0 Å². The molecule has 0 radical (unpaired) electrons. The zero-order valence-electron chi connectivity index (χ0n) is 12.3. The molecule has 2 aromatic rings. The minimum Gasteiger partial charge on any atom is -0.382 e. The Bertz CT molecular complexity index is 607. The smallest absolute Gasteiger partial charge is 0.382 e. The van der Waals surface area contributed by atoms with E-state index < -0.39 is 18.0 Å². The third-order valence-corrected chi connectivity index (χ3v) is 3.15. The molecule has 0 saturated carbocycles. The molecule has 0 bridgehead atoms. The third-order valence-electron chi connectivity index (χ3n) is 3.15. The lowest BCUT2D eigenvalue weighted by molar-refractivity contribution is -0.659. The monoisotopic (exact) mass is 327 g/mol. The standard InChI is InChI=1S/C15H17F3N4O/c16-15(17,18)13-6-7-20-14(22-13)21-9-8-19-10-12(23)11-4-2-1-3-5-11/h1-7,12,19,23H,8-10H2,(H,20,21,22)/p+1/t12-/m0/s1. The zero-order chi connectivity index (χ0) is 16.7. The maximum absolute atomic E-state index is 12.5. The van der Waals surface area contributed by atoms with Crippen LogP contribution < -0.4 is 10.6 Å². The highest BCUT2D eigenvalue weighted by Gasteiger charge is 2.32. The van der Waals surface area contributed by atoms with E-state index in [9.17, 15) is 18.3 Å². The predicted octanol–water partition coefficient (Wildman–Crippen LogP) is 1.20. The highest BCUT2D eigenvalue weighted by atomic mass is 19.4. The largest absolute Gasteiger partial charge is 0.433 e. The molecule has 2 rings (SSSR count). The van der Waals surface area contributed by atoms with Gasteiger partial charge in [0.2, 0.25) is 5.95 Å². The molecule has 1 heterocycles. The molecule has 1 aromatic carbocycles. The van der Waals surface area contributed by atoms with Gasteiger partial charge >= 0.3 is 6.18 Å². The van der Waals surface area contributed by atoms with Crippen LogP contribution in [0, 0.1) is 0 Å². The second kappa shape index (κ2) is 7.89. The number of aromatic nitrogens is 2. The summed E-state index contributed by atoms with van der Waals surface area (Å²) in [6.07, 6.45) is -3.99. The first-order chi connectivity index (χ1) is 11.0. The van der Waals surface area contributed by atoms with Gasteiger partial charge < -0.3 is 15.7 Å². The Labute approximate surface area is 131 Å². The van der Waals surface area contributed by atoms with Crippen LogP contribution in [-0.4, -0.2) is 34.7 Å². The first kappa shape index (κ1) is 17.2. The first-order valence-electron chi connectivity index (χ1n) is 7.15. The van der Waals surface area contributed by atoms with E-state index in [1.807, 2.05) is 35.6 Å². The summed E-state index contributed by atoms with van der Waals surface area (Å²) in [5, 5.41) is 14.6. The maximum Gasteiger partial charge on any atom is 0.433 e. The first-order valence-corrected chi connectivity index (χ1v) is 7.15. The van der Waals surface area contributed by atoms with Gasteiger partial charge in [0.05, 0.1) is 13.1 Å². The lowest BCUT2D eigenvalue weighted by Crippen LogP contribution is -2.86. The number of quaternary nitrogens is 1. The van der Waals surface area contributed by atoms with Gasteiger partial charge in [0, 0.05) is 6.20 Å². The molecule has 5 nitrogen and oxygen atoms in total. The number of anilines is 1. The Kier molecular flexibility index (Phi) is 5.89. The van der Waals surface area contributed by atoms with Gasteiger partial charge in [-0.2, -0.15) is 13.2 Å². The molecule has 0 aliphatic rings. The van der Waals surface area contributed by atoms with Gasteiger partial charge in [-0.1, -0.05) is 30.3 Å². The number of hydrogen-bond donors (Lipinski definition) is 3. The topological polar surface area (TPSA) is 74.7 Å². The van der Waals surface area contributed by atoms with Crippen molar-refractivity contribution in [1.82, 2.24) is 9.97 Å². The highest BCUT2D eigenvalue weighted by Crippen LogP contribution is 2.27. The van der Waals surface area contributed by atoms with Gasteiger partial charge in [0.1, 0.15) is 18.3 Å². The van der Waals surface area contributed by atoms with Gasteiger partial charge in [-0.05, 0) is 11.6 Å². The molecular formula is C15H18F3N4O+. The molecule has 1 aromatic heterocycles. The zero-order valence-corrected chi connectivity index (χ0v) is 12.3. The fourth-order valence-corrected chi connectivity index (χ4v) is 1.97. The summed E-state index contributed by atoms with van der Waals surface area (Å²) in [4.78, 5) is 7.16. The number of halogens is 3. The van der Waals surface area contributed by atoms with Crippen molar-refractivity contribution in [1.29, 1.82) is 0 Å². The fraction of sp³-hybridized carbons (Fsp3) is 0.333. The van der Waals surface area contributed by atoms with Gasteiger partial charge in [-0.15, -0.1) is 0 Å². The predicted molar refractivity (Wildman–Crippen MR) is 78.6 cm³/mol. The second-order valence-electron chi connectivity index (χ2n) is 4.93.